The van der Waals surface area contributed by atoms with Crippen LogP contribution in [-0.2, 0) is 44.8 Å². The molecule has 95 heavy (non-hydrogen) atoms. The summed E-state index contributed by atoms with van der Waals surface area (Å²) < 4.78 is 48.8. The number of urea groups is 1. The van der Waals surface area contributed by atoms with Crippen molar-refractivity contribution in [3.63, 3.8) is 0 Å². The summed E-state index contributed by atoms with van der Waals surface area (Å²) in [6.45, 7) is 14.1. The molecule has 3 aromatic rings. The van der Waals surface area contributed by atoms with Crippen LogP contribution in [0.1, 0.15) is 145 Å². The minimum absolute atomic E-state index is 0.0519. The van der Waals surface area contributed by atoms with Gasteiger partial charge in [0, 0.05) is 142 Å². The average Bonchev–Trinajstić information content (AvgIpc) is 1.61. The number of aryl methyl sites for hydroxylation is 1. The number of hydrogen-bond acceptors (Lipinski definition) is 13. The van der Waals surface area contributed by atoms with Gasteiger partial charge in [-0.05, 0) is 221 Å². The van der Waals surface area contributed by atoms with Crippen molar-refractivity contribution in [1.29, 1.82) is 0 Å². The maximum atomic E-state index is 14.3. The second-order valence-electron chi connectivity index (χ2n) is 30.0. The molecule has 1 saturated carbocycles. The van der Waals surface area contributed by atoms with Crippen LogP contribution in [-0.4, -0.2) is 233 Å². The lowest BCUT2D eigenvalue weighted by Crippen LogP contribution is -2.55. The lowest BCUT2D eigenvalue weighted by molar-refractivity contribution is -0.120. The number of likely N-dealkylation sites (tertiary alicyclic amines) is 4. The fourth-order valence-corrected chi connectivity index (χ4v) is 19.2. The van der Waals surface area contributed by atoms with E-state index in [4.69, 9.17) is 18.9 Å². The third kappa shape index (κ3) is 13.0. The SMILES string of the molecule is COC(=O)N1C2CCC1CC(N1CCC3(CC1)CN(C(=O)N(C)C)c1ccc(F)cc13)C2.COC(=O)N1CCC(N2CCC3(CC2)CN(C(C)=O)c2ccc(C)cc23)CC1.COCCOC(=O)N1C2CCC1CC(N1CCC3(CC1)CN(C(=O)C1CC1)c1ccc(F)cc13)C2. The van der Waals surface area contributed by atoms with Gasteiger partial charge >= 0.3 is 24.3 Å². The number of hydrogen-bond donors (Lipinski definition) is 0. The van der Waals surface area contributed by atoms with Crippen LogP contribution >= 0.6 is 0 Å². The van der Waals surface area contributed by atoms with Gasteiger partial charge in [0.15, 0.2) is 0 Å². The van der Waals surface area contributed by atoms with Crippen LogP contribution < -0.4 is 14.7 Å². The summed E-state index contributed by atoms with van der Waals surface area (Å²) in [5, 5.41) is 0. The summed E-state index contributed by atoms with van der Waals surface area (Å²) >= 11 is 0. The molecule has 11 heterocycles. The van der Waals surface area contributed by atoms with E-state index in [-0.39, 0.29) is 94.1 Å². The summed E-state index contributed by atoms with van der Waals surface area (Å²) in [4.78, 5) is 95.4. The minimum Gasteiger partial charge on any atom is -0.453 e. The van der Waals surface area contributed by atoms with Crippen LogP contribution in [0.15, 0.2) is 54.6 Å². The highest BCUT2D eigenvalue weighted by molar-refractivity contribution is 5.99. The Morgan fingerprint density at radius 3 is 1.36 bits per heavy atom. The van der Waals surface area contributed by atoms with Crippen molar-refractivity contribution in [2.45, 2.75) is 188 Å². The molecule has 15 rings (SSSR count). The molecule has 7 amide bonds. The number of ether oxygens (including phenoxy) is 4. The number of piperidine rings is 6. The first kappa shape index (κ1) is 67.0. The van der Waals surface area contributed by atoms with E-state index >= 15 is 0 Å². The van der Waals surface area contributed by atoms with Crippen LogP contribution in [0, 0.1) is 24.5 Å². The Kier molecular flexibility index (Phi) is 19.3. The lowest BCUT2D eigenvalue weighted by atomic mass is 9.73. The molecule has 0 aromatic heterocycles. The number of carbonyl (C=O) groups is 6. The van der Waals surface area contributed by atoms with Gasteiger partial charge in [-0.2, -0.15) is 0 Å². The lowest BCUT2D eigenvalue weighted by Gasteiger charge is -2.47. The molecule has 12 aliphatic rings. The number of halogens is 2. The fraction of sp³-hybridized carbons (Fsp3) is 0.671. The molecule has 20 nitrogen and oxygen atoms in total. The summed E-state index contributed by atoms with van der Waals surface area (Å²) in [5.41, 5.74) is 7.28. The number of benzene rings is 3. The van der Waals surface area contributed by atoms with E-state index in [9.17, 15) is 37.5 Å². The topological polar surface area (TPSA) is 172 Å². The number of amides is 7. The minimum atomic E-state index is -0.239. The third-order valence-corrected chi connectivity index (χ3v) is 24.5. The third-order valence-electron chi connectivity index (χ3n) is 24.5. The Labute approximate surface area is 559 Å². The van der Waals surface area contributed by atoms with Gasteiger partial charge in [0.25, 0.3) is 0 Å². The van der Waals surface area contributed by atoms with Crippen molar-refractivity contribution in [3.05, 3.63) is 88.5 Å². The Balaban J connectivity index is 0.000000130. The quantitative estimate of drug-likeness (QED) is 0.162. The molecule has 22 heteroatoms. The first-order chi connectivity index (χ1) is 45.7. The maximum Gasteiger partial charge on any atom is 0.410 e. The predicted octanol–water partition coefficient (Wildman–Crippen LogP) is 10.0. The normalized spacial score (nSPS) is 27.1. The number of carbonyl (C=O) groups excluding carboxylic acids is 6. The highest BCUT2D eigenvalue weighted by Crippen LogP contribution is 2.53. The zero-order valence-electron chi connectivity index (χ0n) is 57.0. The van der Waals surface area contributed by atoms with Gasteiger partial charge in [-0.15, -0.1) is 0 Å². The molecule has 4 atom stereocenters. The predicted molar refractivity (Wildman–Crippen MR) is 357 cm³/mol. The number of methoxy groups -OCH3 is 3. The van der Waals surface area contributed by atoms with E-state index in [1.807, 2.05) is 35.5 Å². The maximum absolute atomic E-state index is 14.3. The first-order valence-electron chi connectivity index (χ1n) is 35.4. The van der Waals surface area contributed by atoms with Gasteiger partial charge in [0.1, 0.15) is 18.2 Å². The highest BCUT2D eigenvalue weighted by Gasteiger charge is 2.54. The molecule has 0 N–H and O–H groups in total. The molecule has 4 bridgehead atoms. The molecule has 8 saturated heterocycles. The van der Waals surface area contributed by atoms with Crippen LogP contribution in [0.4, 0.5) is 45.0 Å². The Morgan fingerprint density at radius 2 is 0.905 bits per heavy atom. The molecule has 4 unspecified atom stereocenters. The number of rotatable bonds is 7. The zero-order chi connectivity index (χ0) is 66.7. The highest BCUT2D eigenvalue weighted by atomic mass is 19.1. The fourth-order valence-electron chi connectivity index (χ4n) is 19.2. The second kappa shape index (κ2) is 27.4. The molecule has 9 fully saturated rings. The molecule has 3 spiro atoms. The van der Waals surface area contributed by atoms with E-state index in [1.165, 1.54) is 37.5 Å². The van der Waals surface area contributed by atoms with Crippen molar-refractivity contribution in [3.8, 4) is 0 Å². The molecule has 516 valence electrons. The Morgan fingerprint density at radius 1 is 0.484 bits per heavy atom. The van der Waals surface area contributed by atoms with Crippen molar-refractivity contribution in [2.75, 3.05) is 135 Å². The summed E-state index contributed by atoms with van der Waals surface area (Å²) in [6.07, 6.45) is 17.4. The van der Waals surface area contributed by atoms with Crippen LogP contribution in [0.3, 0.4) is 0 Å². The summed E-state index contributed by atoms with van der Waals surface area (Å²) in [6, 6.07) is 18.8. The zero-order valence-corrected chi connectivity index (χ0v) is 57.0. The summed E-state index contributed by atoms with van der Waals surface area (Å²) in [7, 11) is 8.03. The molecule has 11 aliphatic heterocycles. The molecule has 1 aliphatic carbocycles. The van der Waals surface area contributed by atoms with Gasteiger partial charge in [-0.25, -0.2) is 28.0 Å². The van der Waals surface area contributed by atoms with Gasteiger partial charge in [0.2, 0.25) is 11.8 Å². The van der Waals surface area contributed by atoms with Crippen LogP contribution in [0.2, 0.25) is 0 Å². The van der Waals surface area contributed by atoms with Gasteiger partial charge in [-0.3, -0.25) is 14.5 Å². The van der Waals surface area contributed by atoms with E-state index in [0.29, 0.717) is 44.4 Å². The first-order valence-corrected chi connectivity index (χ1v) is 35.4. The van der Waals surface area contributed by atoms with Crippen molar-refractivity contribution in [1.82, 2.24) is 34.3 Å². The monoisotopic (exact) mass is 1310 g/mol. The van der Waals surface area contributed by atoms with Crippen molar-refractivity contribution < 1.29 is 56.5 Å². The standard InChI is InChI=1S/C27H36FN3O4.C24H33FN4O3.C22H31N3O3/c1-34-12-13-35-26(33)31-20-5-6-21(31)16-22(15-20)29-10-8-27(9-11-29)17-30(25(32)18-2-3-18)24-7-4-19(28)14-23(24)27;1-26(2)22(30)28-15-24(20-12-16(25)4-7-21(20)28)8-10-27(11-9-24)19-13-17-5-6-18(14-19)29(17)23(31)32-3;1-16-4-5-20-19(14-16)22(15-25(20)17(2)26)8-12-23(13-9-22)18-6-10-24(11-7-18)21(27)28-3/h4,7,14,18,20-22H,2-3,5-6,8-13,15-17H2,1H3;4,7,12,17-19H,5-6,8-11,13-15H2,1-3H3;4-5,14,18H,6-13,15H2,1-3H3. The number of anilines is 3. The van der Waals surface area contributed by atoms with Crippen molar-refractivity contribution >= 4 is 53.2 Å². The second-order valence-corrected chi connectivity index (χ2v) is 30.0. The van der Waals surface area contributed by atoms with E-state index in [1.54, 1.807) is 51.2 Å². The molecular weight excluding hydrogens is 1210 g/mol. The number of fused-ring (bicyclic) bond motifs is 10. The summed E-state index contributed by atoms with van der Waals surface area (Å²) in [5.74, 6) is 0.0622. The van der Waals surface area contributed by atoms with E-state index < -0.39 is 0 Å². The smallest absolute Gasteiger partial charge is 0.410 e. The Hall–Kier alpha value is -6.62. The van der Waals surface area contributed by atoms with Gasteiger partial charge in [0.05, 0.1) is 20.8 Å². The van der Waals surface area contributed by atoms with Crippen molar-refractivity contribution in [2.24, 2.45) is 5.92 Å². The van der Waals surface area contributed by atoms with Gasteiger partial charge < -0.3 is 63.0 Å². The molecular formula is C73H100F2N10O10. The number of nitrogens with zero attached hydrogens (tertiary/aromatic N) is 10. The Bertz CT molecular complexity index is 3330. The van der Waals surface area contributed by atoms with E-state index in [0.717, 1.165) is 203 Å². The molecule has 0 radical (unpaired) electrons. The van der Waals surface area contributed by atoms with Gasteiger partial charge in [-0.1, -0.05) is 17.7 Å². The average molecular weight is 1320 g/mol. The van der Waals surface area contributed by atoms with Crippen LogP contribution in [0.5, 0.6) is 0 Å². The van der Waals surface area contributed by atoms with E-state index in [2.05, 4.69) is 39.8 Å². The largest absolute Gasteiger partial charge is 0.453 e. The molecule has 3 aromatic carbocycles. The van der Waals surface area contributed by atoms with Crippen LogP contribution in [0.25, 0.3) is 0 Å².